The summed E-state index contributed by atoms with van der Waals surface area (Å²) in [6, 6.07) is 9.06. The van der Waals surface area contributed by atoms with Gasteiger partial charge in [0.05, 0.1) is 4.34 Å². The van der Waals surface area contributed by atoms with E-state index in [1.165, 1.54) is 41.7 Å². The molecule has 0 saturated heterocycles. The molecule has 0 spiro atoms. The Balaban J connectivity index is 2.11. The molecule has 4 heteroatoms. The van der Waals surface area contributed by atoms with Crippen LogP contribution in [0.4, 0.5) is 4.39 Å². The molecule has 0 bridgehead atoms. The van der Waals surface area contributed by atoms with Gasteiger partial charge in [0.1, 0.15) is 5.82 Å². The molecule has 0 aliphatic rings. The van der Waals surface area contributed by atoms with Gasteiger partial charge in [0.25, 0.3) is 0 Å². The minimum atomic E-state index is -0.351. The maximum atomic E-state index is 12.7. The minimum Gasteiger partial charge on any atom is -0.289 e. The number of halogens is 2. The summed E-state index contributed by atoms with van der Waals surface area (Å²) in [4.78, 5) is 12.6. The smallest absolute Gasteiger partial charge is 0.185 e. The van der Waals surface area contributed by atoms with Gasteiger partial charge in [-0.3, -0.25) is 4.79 Å². The lowest BCUT2D eigenvalue weighted by molar-refractivity contribution is 0.104. The summed E-state index contributed by atoms with van der Waals surface area (Å²) in [5, 5.41) is 0. The van der Waals surface area contributed by atoms with Crippen LogP contribution in [0.15, 0.2) is 42.5 Å². The summed E-state index contributed by atoms with van der Waals surface area (Å²) in [6.07, 6.45) is 3.15. The Morgan fingerprint density at radius 1 is 1.18 bits per heavy atom. The molecule has 2 aromatic rings. The number of allylic oxidation sites excluding steroid dienone is 1. The van der Waals surface area contributed by atoms with Crippen molar-refractivity contribution in [3.8, 4) is 0 Å². The van der Waals surface area contributed by atoms with Crippen molar-refractivity contribution in [3.63, 3.8) is 0 Å². The fraction of sp³-hybridized carbons (Fsp3) is 0. The summed E-state index contributed by atoms with van der Waals surface area (Å²) in [5.74, 6) is -0.509. The molecule has 1 aromatic heterocycles. The zero-order valence-electron chi connectivity index (χ0n) is 8.69. The van der Waals surface area contributed by atoms with E-state index >= 15 is 0 Å². The van der Waals surface area contributed by atoms with Crippen LogP contribution in [0.5, 0.6) is 0 Å². The largest absolute Gasteiger partial charge is 0.289 e. The second-order valence-electron chi connectivity index (χ2n) is 3.35. The number of benzene rings is 1. The molecule has 0 saturated carbocycles. The highest BCUT2D eigenvalue weighted by atomic mass is 35.5. The SMILES string of the molecule is O=C(/C=C/c1ccc(Cl)s1)c1ccc(F)cc1. The van der Waals surface area contributed by atoms with E-state index in [1.807, 2.05) is 6.07 Å². The van der Waals surface area contributed by atoms with E-state index in [4.69, 9.17) is 11.6 Å². The first kappa shape index (κ1) is 12.0. The lowest BCUT2D eigenvalue weighted by Crippen LogP contribution is -1.93. The van der Waals surface area contributed by atoms with Crippen molar-refractivity contribution >= 4 is 34.8 Å². The number of rotatable bonds is 3. The number of thiophene rings is 1. The molecule has 0 unspecified atom stereocenters. The van der Waals surface area contributed by atoms with Crippen LogP contribution >= 0.6 is 22.9 Å². The van der Waals surface area contributed by atoms with Gasteiger partial charge < -0.3 is 0 Å². The van der Waals surface area contributed by atoms with Crippen LogP contribution in [0.2, 0.25) is 4.34 Å². The van der Waals surface area contributed by atoms with E-state index in [1.54, 1.807) is 12.1 Å². The van der Waals surface area contributed by atoms with Gasteiger partial charge in [0.2, 0.25) is 0 Å². The van der Waals surface area contributed by atoms with Gasteiger partial charge in [-0.25, -0.2) is 4.39 Å². The van der Waals surface area contributed by atoms with Crippen LogP contribution in [-0.4, -0.2) is 5.78 Å². The molecule has 0 radical (unpaired) electrons. The molecular formula is C13H8ClFOS. The van der Waals surface area contributed by atoms with Crippen LogP contribution in [0.1, 0.15) is 15.2 Å². The molecule has 0 atom stereocenters. The molecule has 1 aromatic carbocycles. The lowest BCUT2D eigenvalue weighted by atomic mass is 10.1. The summed E-state index contributed by atoms with van der Waals surface area (Å²) >= 11 is 7.16. The van der Waals surface area contributed by atoms with Crippen molar-refractivity contribution in [1.82, 2.24) is 0 Å². The Hall–Kier alpha value is -1.45. The molecule has 2 rings (SSSR count). The van der Waals surface area contributed by atoms with Crippen molar-refractivity contribution in [2.75, 3.05) is 0 Å². The predicted molar refractivity (Wildman–Crippen MR) is 69.1 cm³/mol. The molecule has 0 aliphatic carbocycles. The maximum Gasteiger partial charge on any atom is 0.185 e. The number of hydrogen-bond acceptors (Lipinski definition) is 2. The molecule has 0 aliphatic heterocycles. The van der Waals surface area contributed by atoms with Gasteiger partial charge in [0.15, 0.2) is 5.78 Å². The molecule has 86 valence electrons. The second-order valence-corrected chi connectivity index (χ2v) is 5.09. The number of ketones is 1. The number of hydrogen-bond donors (Lipinski definition) is 0. The van der Waals surface area contributed by atoms with Crippen molar-refractivity contribution in [2.24, 2.45) is 0 Å². The third-order valence-electron chi connectivity index (χ3n) is 2.12. The summed E-state index contributed by atoms with van der Waals surface area (Å²) in [6.45, 7) is 0. The maximum absolute atomic E-state index is 12.7. The highest BCUT2D eigenvalue weighted by Gasteiger charge is 2.01. The van der Waals surface area contributed by atoms with Crippen LogP contribution in [0, 0.1) is 5.82 Å². The second kappa shape index (κ2) is 5.25. The van der Waals surface area contributed by atoms with Crippen LogP contribution < -0.4 is 0 Å². The summed E-state index contributed by atoms with van der Waals surface area (Å²) < 4.78 is 13.3. The van der Waals surface area contributed by atoms with Gasteiger partial charge >= 0.3 is 0 Å². The topological polar surface area (TPSA) is 17.1 Å². The van der Waals surface area contributed by atoms with Gasteiger partial charge in [-0.2, -0.15) is 0 Å². The van der Waals surface area contributed by atoms with E-state index in [9.17, 15) is 9.18 Å². The Kier molecular flexibility index (Phi) is 3.71. The monoisotopic (exact) mass is 266 g/mol. The van der Waals surface area contributed by atoms with E-state index in [-0.39, 0.29) is 11.6 Å². The number of carbonyl (C=O) groups excluding carboxylic acids is 1. The van der Waals surface area contributed by atoms with Crippen LogP contribution in [0.25, 0.3) is 6.08 Å². The lowest BCUT2D eigenvalue weighted by Gasteiger charge is -1.94. The Labute approximate surface area is 107 Å². The van der Waals surface area contributed by atoms with Crippen LogP contribution in [-0.2, 0) is 0 Å². The van der Waals surface area contributed by atoms with Gasteiger partial charge in [-0.1, -0.05) is 11.6 Å². The third kappa shape index (κ3) is 3.25. The van der Waals surface area contributed by atoms with E-state index in [0.29, 0.717) is 9.90 Å². The van der Waals surface area contributed by atoms with E-state index < -0.39 is 0 Å². The van der Waals surface area contributed by atoms with Crippen molar-refractivity contribution in [3.05, 3.63) is 63.1 Å². The molecule has 0 amide bonds. The van der Waals surface area contributed by atoms with Crippen molar-refractivity contribution in [1.29, 1.82) is 0 Å². The predicted octanol–water partition coefficient (Wildman–Crippen LogP) is 4.44. The van der Waals surface area contributed by atoms with E-state index in [0.717, 1.165) is 4.88 Å². The van der Waals surface area contributed by atoms with Gasteiger partial charge in [-0.05, 0) is 48.6 Å². The zero-order valence-corrected chi connectivity index (χ0v) is 10.3. The van der Waals surface area contributed by atoms with Crippen molar-refractivity contribution in [2.45, 2.75) is 0 Å². The average molecular weight is 267 g/mol. The summed E-state index contributed by atoms with van der Waals surface area (Å²) in [5.41, 5.74) is 0.463. The van der Waals surface area contributed by atoms with Crippen LogP contribution in [0.3, 0.4) is 0 Å². The van der Waals surface area contributed by atoms with E-state index in [2.05, 4.69) is 0 Å². The molecule has 1 nitrogen and oxygen atoms in total. The molecule has 17 heavy (non-hydrogen) atoms. The highest BCUT2D eigenvalue weighted by molar-refractivity contribution is 7.17. The standard InChI is InChI=1S/C13H8ClFOS/c14-13-8-6-11(17-13)5-7-12(16)9-1-3-10(15)4-2-9/h1-8H/b7-5+. The molecule has 1 heterocycles. The molecule has 0 N–H and O–H groups in total. The number of carbonyl (C=O) groups is 1. The van der Waals surface area contributed by atoms with Gasteiger partial charge in [-0.15, -0.1) is 11.3 Å². The third-order valence-corrected chi connectivity index (χ3v) is 3.32. The minimum absolute atomic E-state index is 0.158. The normalized spacial score (nSPS) is 10.9. The fourth-order valence-corrected chi connectivity index (χ4v) is 2.25. The molecule has 0 fully saturated rings. The quantitative estimate of drug-likeness (QED) is 0.593. The van der Waals surface area contributed by atoms with Gasteiger partial charge in [0, 0.05) is 10.4 Å². The van der Waals surface area contributed by atoms with Crippen molar-refractivity contribution < 1.29 is 9.18 Å². The first-order chi connectivity index (χ1) is 8.15. The summed E-state index contributed by atoms with van der Waals surface area (Å²) in [7, 11) is 0. The zero-order chi connectivity index (χ0) is 12.3. The fourth-order valence-electron chi connectivity index (χ4n) is 1.29. The Bertz CT molecular complexity index is 557. The highest BCUT2D eigenvalue weighted by Crippen LogP contribution is 2.22. The average Bonchev–Trinajstić information content (AvgIpc) is 2.73. The first-order valence-corrected chi connectivity index (χ1v) is 6.08. The molecular weight excluding hydrogens is 259 g/mol. The Morgan fingerprint density at radius 3 is 2.47 bits per heavy atom. The first-order valence-electron chi connectivity index (χ1n) is 4.88. The Morgan fingerprint density at radius 2 is 1.88 bits per heavy atom.